The van der Waals surface area contributed by atoms with Crippen LogP contribution in [0.3, 0.4) is 0 Å². The van der Waals surface area contributed by atoms with Crippen LogP contribution in [0.5, 0.6) is 0 Å². The fourth-order valence-corrected chi connectivity index (χ4v) is 6.55. The molecule has 1 aliphatic rings. The van der Waals surface area contributed by atoms with Crippen molar-refractivity contribution in [2.75, 3.05) is 11.5 Å². The Kier molecular flexibility index (Phi) is 6.88. The summed E-state index contributed by atoms with van der Waals surface area (Å²) in [6.07, 6.45) is 2.22. The number of sulfone groups is 1. The maximum absolute atomic E-state index is 13.7. The largest absolute Gasteiger partial charge is 0.368 e. The van der Waals surface area contributed by atoms with Crippen molar-refractivity contribution < 1.29 is 13.2 Å². The van der Waals surface area contributed by atoms with Crippen LogP contribution in [0.15, 0.2) is 52.2 Å². The number of hydrogen-bond acceptors (Lipinski definition) is 7. The maximum atomic E-state index is 13.7. The third kappa shape index (κ3) is 4.86. The molecule has 14 heteroatoms. The van der Waals surface area contributed by atoms with Crippen molar-refractivity contribution in [3.8, 4) is 17.2 Å². The van der Waals surface area contributed by atoms with Gasteiger partial charge in [0.15, 0.2) is 17.0 Å². The molecule has 1 aromatic carbocycles. The number of rotatable bonds is 6. The highest BCUT2D eigenvalue weighted by Crippen LogP contribution is 2.31. The molecule has 0 spiro atoms. The second-order valence-electron chi connectivity index (χ2n) is 9.10. The highest BCUT2D eigenvalue weighted by Gasteiger charge is 2.29. The SMILES string of the molecule is NC(=O)Cn1c(=O)c2c(nc(-c3ncccc3Cl)n2-c2ccc(Cl)cc2)n(CC2CCS(=O)(=O)CC2)c1=O. The molecular weight excluding hydrogens is 555 g/mol. The van der Waals surface area contributed by atoms with Crippen molar-refractivity contribution >= 4 is 50.1 Å². The van der Waals surface area contributed by atoms with Gasteiger partial charge >= 0.3 is 5.69 Å². The van der Waals surface area contributed by atoms with E-state index in [2.05, 4.69) is 9.97 Å². The van der Waals surface area contributed by atoms with Crippen LogP contribution in [0.2, 0.25) is 10.0 Å². The van der Waals surface area contributed by atoms with Gasteiger partial charge in [-0.1, -0.05) is 23.2 Å². The Morgan fingerprint density at radius 1 is 1.05 bits per heavy atom. The van der Waals surface area contributed by atoms with Gasteiger partial charge in [0.25, 0.3) is 5.56 Å². The summed E-state index contributed by atoms with van der Waals surface area (Å²) in [4.78, 5) is 48.1. The minimum absolute atomic E-state index is 0.00446. The molecule has 198 valence electrons. The second kappa shape index (κ2) is 10.0. The first-order valence-electron chi connectivity index (χ1n) is 11.7. The topological polar surface area (TPSA) is 152 Å². The Hall–Kier alpha value is -3.48. The molecule has 0 atom stereocenters. The van der Waals surface area contributed by atoms with Crippen molar-refractivity contribution in [1.82, 2.24) is 23.7 Å². The van der Waals surface area contributed by atoms with Crippen molar-refractivity contribution in [2.45, 2.75) is 25.9 Å². The van der Waals surface area contributed by atoms with Gasteiger partial charge in [-0.15, -0.1) is 0 Å². The molecule has 0 saturated carbocycles. The van der Waals surface area contributed by atoms with Gasteiger partial charge in [0.2, 0.25) is 5.91 Å². The fraction of sp³-hybridized carbons (Fsp3) is 0.292. The first kappa shape index (κ1) is 26.1. The number of carbonyl (C=O) groups is 1. The van der Waals surface area contributed by atoms with Crippen LogP contribution < -0.4 is 17.0 Å². The standard InChI is InChI=1S/C24H22Cl2N6O5S/c25-15-3-5-16(6-4-15)32-20-22(29-21(32)19-17(26)2-1-9-28-19)30(12-14-7-10-38(36,37)11-8-14)24(35)31(23(20)34)13-18(27)33/h1-6,9,14H,7-8,10-13H2,(H2,27,33). The zero-order valence-electron chi connectivity index (χ0n) is 19.9. The molecule has 0 radical (unpaired) electrons. The zero-order valence-corrected chi connectivity index (χ0v) is 22.2. The lowest BCUT2D eigenvalue weighted by Gasteiger charge is -2.23. The van der Waals surface area contributed by atoms with E-state index in [1.54, 1.807) is 36.4 Å². The summed E-state index contributed by atoms with van der Waals surface area (Å²) in [5.41, 5.74) is 4.66. The van der Waals surface area contributed by atoms with E-state index >= 15 is 0 Å². The monoisotopic (exact) mass is 576 g/mol. The molecule has 5 rings (SSSR count). The third-order valence-corrected chi connectivity index (χ3v) is 8.78. The normalized spacial score (nSPS) is 15.6. The van der Waals surface area contributed by atoms with Crippen molar-refractivity contribution in [2.24, 2.45) is 11.7 Å². The fourth-order valence-electron chi connectivity index (χ4n) is 4.63. The number of aromatic nitrogens is 5. The number of halogens is 2. The minimum atomic E-state index is -3.13. The van der Waals surface area contributed by atoms with Gasteiger partial charge in [0.05, 0.1) is 16.5 Å². The average molecular weight is 577 g/mol. The van der Waals surface area contributed by atoms with E-state index in [-0.39, 0.29) is 51.7 Å². The number of nitrogens with zero attached hydrogens (tertiary/aromatic N) is 5. The van der Waals surface area contributed by atoms with E-state index in [0.29, 0.717) is 23.6 Å². The van der Waals surface area contributed by atoms with Gasteiger partial charge in [-0.25, -0.2) is 22.8 Å². The smallest absolute Gasteiger partial charge is 0.333 e. The van der Waals surface area contributed by atoms with Crippen LogP contribution in [0.25, 0.3) is 28.4 Å². The summed E-state index contributed by atoms with van der Waals surface area (Å²) in [7, 11) is -3.13. The van der Waals surface area contributed by atoms with Crippen molar-refractivity contribution in [3.63, 3.8) is 0 Å². The Labute approximate surface area is 226 Å². The Morgan fingerprint density at radius 2 is 1.74 bits per heavy atom. The van der Waals surface area contributed by atoms with E-state index in [9.17, 15) is 22.8 Å². The highest BCUT2D eigenvalue weighted by molar-refractivity contribution is 7.91. The molecule has 3 aromatic heterocycles. The highest BCUT2D eigenvalue weighted by atomic mass is 35.5. The molecule has 2 N–H and O–H groups in total. The Morgan fingerprint density at radius 3 is 2.37 bits per heavy atom. The number of primary amides is 1. The summed E-state index contributed by atoms with van der Waals surface area (Å²) >= 11 is 12.6. The van der Waals surface area contributed by atoms with Crippen molar-refractivity contribution in [1.29, 1.82) is 0 Å². The number of amides is 1. The van der Waals surface area contributed by atoms with Gasteiger partial charge in [-0.2, -0.15) is 0 Å². The Bertz CT molecular complexity index is 1780. The van der Waals surface area contributed by atoms with Gasteiger partial charge in [-0.05, 0) is 55.2 Å². The lowest BCUT2D eigenvalue weighted by atomic mass is 10.0. The molecule has 0 aliphatic carbocycles. The van der Waals surface area contributed by atoms with E-state index in [1.807, 2.05) is 0 Å². The second-order valence-corrected chi connectivity index (χ2v) is 12.2. The number of hydrogen-bond donors (Lipinski definition) is 1. The predicted molar refractivity (Wildman–Crippen MR) is 143 cm³/mol. The van der Waals surface area contributed by atoms with Gasteiger partial charge in [0.1, 0.15) is 22.1 Å². The number of imidazole rings is 1. The van der Waals surface area contributed by atoms with Gasteiger partial charge in [-0.3, -0.25) is 23.7 Å². The lowest BCUT2D eigenvalue weighted by Crippen LogP contribution is -2.44. The number of pyridine rings is 1. The van der Waals surface area contributed by atoms with Gasteiger partial charge < -0.3 is 5.73 Å². The molecule has 4 aromatic rings. The molecular formula is C24H22Cl2N6O5S. The molecule has 38 heavy (non-hydrogen) atoms. The number of benzene rings is 1. The summed E-state index contributed by atoms with van der Waals surface area (Å²) in [6, 6.07) is 9.87. The van der Waals surface area contributed by atoms with E-state index < -0.39 is 33.5 Å². The van der Waals surface area contributed by atoms with Crippen LogP contribution in [0.1, 0.15) is 12.8 Å². The van der Waals surface area contributed by atoms with E-state index in [4.69, 9.17) is 28.9 Å². The quantitative estimate of drug-likeness (QED) is 0.368. The maximum Gasteiger partial charge on any atom is 0.333 e. The first-order valence-corrected chi connectivity index (χ1v) is 14.2. The molecule has 4 heterocycles. The number of nitrogens with two attached hydrogens (primary N) is 1. The summed E-state index contributed by atoms with van der Waals surface area (Å²) in [5, 5.41) is 0.729. The lowest BCUT2D eigenvalue weighted by molar-refractivity contribution is -0.118. The minimum Gasteiger partial charge on any atom is -0.368 e. The van der Waals surface area contributed by atoms with Crippen LogP contribution in [0, 0.1) is 5.92 Å². The predicted octanol–water partition coefficient (Wildman–Crippen LogP) is 2.03. The molecule has 1 aliphatic heterocycles. The van der Waals surface area contributed by atoms with E-state index in [1.165, 1.54) is 15.3 Å². The van der Waals surface area contributed by atoms with Crippen molar-refractivity contribution in [3.05, 3.63) is 73.5 Å². The zero-order chi connectivity index (χ0) is 27.2. The van der Waals surface area contributed by atoms with Crippen LogP contribution >= 0.6 is 23.2 Å². The summed E-state index contributed by atoms with van der Waals surface area (Å²) in [5.74, 6) is -0.832. The van der Waals surface area contributed by atoms with Crippen LogP contribution in [-0.2, 0) is 27.7 Å². The molecule has 0 bridgehead atoms. The van der Waals surface area contributed by atoms with E-state index in [0.717, 1.165) is 4.57 Å². The van der Waals surface area contributed by atoms with Crippen LogP contribution in [-0.4, -0.2) is 49.5 Å². The molecule has 11 nitrogen and oxygen atoms in total. The first-order chi connectivity index (χ1) is 18.1. The molecule has 1 fully saturated rings. The average Bonchev–Trinajstić information content (AvgIpc) is 3.26. The van der Waals surface area contributed by atoms with Crippen LogP contribution in [0.4, 0.5) is 0 Å². The molecule has 1 amide bonds. The Balaban J connectivity index is 1.84. The summed E-state index contributed by atoms with van der Waals surface area (Å²) < 4.78 is 27.5. The summed E-state index contributed by atoms with van der Waals surface area (Å²) in [6.45, 7) is -0.547. The third-order valence-electron chi connectivity index (χ3n) is 6.51. The molecule has 1 saturated heterocycles. The van der Waals surface area contributed by atoms with Gasteiger partial charge in [0, 0.05) is 23.5 Å². The number of fused-ring (bicyclic) bond motifs is 1. The number of carbonyl (C=O) groups excluding carboxylic acids is 1. The molecule has 0 unspecified atom stereocenters.